The number of Topliss-reactive ketones (excluding diaryl/α,β-unsaturated/α-hetero) is 1. The van der Waals surface area contributed by atoms with E-state index in [-0.39, 0.29) is 11.3 Å². The third kappa shape index (κ3) is 1.43. The number of ketones is 1. The molecule has 0 aliphatic carbocycles. The van der Waals surface area contributed by atoms with Crippen LogP contribution in [-0.4, -0.2) is 15.8 Å². The van der Waals surface area contributed by atoms with E-state index in [1.54, 1.807) is 13.1 Å². The van der Waals surface area contributed by atoms with Gasteiger partial charge in [-0.25, -0.2) is 0 Å². The highest BCUT2D eigenvalue weighted by molar-refractivity contribution is 9.10. The van der Waals surface area contributed by atoms with Crippen molar-refractivity contribution in [2.45, 2.75) is 13.8 Å². The fraction of sp³-hybridized carbons (Fsp3) is 0.200. The fourth-order valence-electron chi connectivity index (χ4n) is 1.75. The van der Waals surface area contributed by atoms with Crippen molar-refractivity contribution in [1.29, 1.82) is 0 Å². The molecule has 78 valence electrons. The predicted molar refractivity (Wildman–Crippen MR) is 61.4 cm³/mol. The Kier molecular flexibility index (Phi) is 2.26. The van der Waals surface area contributed by atoms with Crippen LogP contribution in [0, 0.1) is 6.92 Å². The van der Waals surface area contributed by atoms with Crippen molar-refractivity contribution < 1.29 is 4.79 Å². The maximum absolute atomic E-state index is 11.5. The summed E-state index contributed by atoms with van der Waals surface area (Å²) in [5, 5.41) is 0.656. The summed E-state index contributed by atoms with van der Waals surface area (Å²) in [6.07, 6.45) is 1.55. The monoisotopic (exact) mass is 268 g/mol. The molecule has 4 nitrogen and oxygen atoms in total. The number of aryl methyl sites for hydroxylation is 1. The van der Waals surface area contributed by atoms with Crippen LogP contribution >= 0.6 is 15.9 Å². The Hall–Kier alpha value is -1.36. The lowest BCUT2D eigenvalue weighted by atomic mass is 10.1. The van der Waals surface area contributed by atoms with E-state index in [2.05, 4.69) is 25.9 Å². The Balaban J connectivity index is 3.05. The number of rotatable bonds is 1. The van der Waals surface area contributed by atoms with Gasteiger partial charge in [-0.2, -0.15) is 0 Å². The molecule has 2 rings (SSSR count). The van der Waals surface area contributed by atoms with E-state index < -0.39 is 0 Å². The molecule has 0 aliphatic rings. The van der Waals surface area contributed by atoms with Gasteiger partial charge >= 0.3 is 0 Å². The summed E-state index contributed by atoms with van der Waals surface area (Å²) in [6.45, 7) is 3.27. The highest BCUT2D eigenvalue weighted by atomic mass is 79.9. The second-order valence-electron chi connectivity index (χ2n) is 3.40. The summed E-state index contributed by atoms with van der Waals surface area (Å²) in [6, 6.07) is 0. The number of aromatic nitrogens is 2. The minimum Gasteiger partial charge on any atom is -0.353 e. The van der Waals surface area contributed by atoms with Gasteiger partial charge in [-0.1, -0.05) is 0 Å². The van der Waals surface area contributed by atoms with Gasteiger partial charge in [0.25, 0.3) is 5.56 Å². The molecule has 0 saturated heterocycles. The molecule has 15 heavy (non-hydrogen) atoms. The molecule has 5 heteroatoms. The van der Waals surface area contributed by atoms with E-state index in [1.807, 2.05) is 0 Å². The van der Waals surface area contributed by atoms with Crippen LogP contribution in [0.5, 0.6) is 0 Å². The van der Waals surface area contributed by atoms with Crippen LogP contribution in [0.2, 0.25) is 0 Å². The average Bonchev–Trinajstić information content (AvgIpc) is 2.50. The van der Waals surface area contributed by atoms with Gasteiger partial charge in [0.05, 0.1) is 0 Å². The zero-order valence-corrected chi connectivity index (χ0v) is 9.86. The van der Waals surface area contributed by atoms with E-state index in [0.29, 0.717) is 20.9 Å². The van der Waals surface area contributed by atoms with Crippen molar-refractivity contribution in [2.75, 3.05) is 0 Å². The molecule has 0 saturated carbocycles. The molecule has 2 aromatic heterocycles. The summed E-state index contributed by atoms with van der Waals surface area (Å²) in [4.78, 5) is 28.5. The first-order valence-corrected chi connectivity index (χ1v) is 5.22. The Morgan fingerprint density at radius 3 is 2.73 bits per heavy atom. The zero-order chi connectivity index (χ0) is 11.2. The van der Waals surface area contributed by atoms with Gasteiger partial charge in [0.1, 0.15) is 5.52 Å². The van der Waals surface area contributed by atoms with Crippen LogP contribution in [0.15, 0.2) is 15.5 Å². The largest absolute Gasteiger partial charge is 0.353 e. The molecule has 0 spiro atoms. The molecule has 0 radical (unpaired) electrons. The Bertz CT molecular complexity index is 610. The first kappa shape index (κ1) is 10.2. The van der Waals surface area contributed by atoms with Crippen LogP contribution in [0.4, 0.5) is 0 Å². The maximum Gasteiger partial charge on any atom is 0.272 e. The Labute approximate surface area is 93.8 Å². The minimum atomic E-state index is -0.219. The van der Waals surface area contributed by atoms with Crippen molar-refractivity contribution >= 4 is 32.6 Å². The molecule has 0 aliphatic heterocycles. The number of aromatic amines is 2. The van der Waals surface area contributed by atoms with E-state index in [1.165, 1.54) is 6.92 Å². The zero-order valence-electron chi connectivity index (χ0n) is 8.27. The molecular formula is C10H9BrN2O2. The van der Waals surface area contributed by atoms with E-state index in [9.17, 15) is 9.59 Å². The van der Waals surface area contributed by atoms with Gasteiger partial charge in [0, 0.05) is 27.3 Å². The highest BCUT2D eigenvalue weighted by Crippen LogP contribution is 2.26. The van der Waals surface area contributed by atoms with Crippen molar-refractivity contribution in [2.24, 2.45) is 0 Å². The summed E-state index contributed by atoms with van der Waals surface area (Å²) in [5.41, 5.74) is 1.51. The summed E-state index contributed by atoms with van der Waals surface area (Å²) in [5.74, 6) is -0.0509. The van der Waals surface area contributed by atoms with Gasteiger partial charge in [-0.3, -0.25) is 9.59 Å². The first-order valence-electron chi connectivity index (χ1n) is 4.42. The molecule has 0 aromatic carbocycles. The average molecular weight is 269 g/mol. The molecule has 0 bridgehead atoms. The lowest BCUT2D eigenvalue weighted by molar-refractivity contribution is 0.101. The van der Waals surface area contributed by atoms with Gasteiger partial charge in [-0.15, -0.1) is 0 Å². The maximum atomic E-state index is 11.5. The quantitative estimate of drug-likeness (QED) is 0.779. The van der Waals surface area contributed by atoms with Crippen molar-refractivity contribution in [3.8, 4) is 0 Å². The molecule has 0 atom stereocenters. The molecule has 0 fully saturated rings. The van der Waals surface area contributed by atoms with Gasteiger partial charge in [0.15, 0.2) is 5.78 Å². The number of carbonyl (C=O) groups is 1. The number of H-pyrrole nitrogens is 2. The Morgan fingerprint density at radius 1 is 1.47 bits per heavy atom. The fourth-order valence-corrected chi connectivity index (χ4v) is 2.26. The summed E-state index contributed by atoms with van der Waals surface area (Å²) < 4.78 is 0.714. The van der Waals surface area contributed by atoms with Gasteiger partial charge < -0.3 is 9.97 Å². The number of hydrogen-bond donors (Lipinski definition) is 2. The normalized spacial score (nSPS) is 10.9. The second kappa shape index (κ2) is 3.34. The lowest BCUT2D eigenvalue weighted by Crippen LogP contribution is -2.05. The standard InChI is InChI=1S/C10H9BrN2O2/c1-4-7(5(2)14)8-6(11)3-12-10(15)9(8)13-4/h3,13H,1-2H3,(H,12,15). The number of pyridine rings is 1. The molecule has 0 amide bonds. The smallest absolute Gasteiger partial charge is 0.272 e. The number of carbonyl (C=O) groups excluding carboxylic acids is 1. The molecule has 2 aromatic rings. The summed E-state index contributed by atoms with van der Waals surface area (Å²) >= 11 is 3.32. The first-order chi connectivity index (χ1) is 7.02. The lowest BCUT2D eigenvalue weighted by Gasteiger charge is -1.96. The van der Waals surface area contributed by atoms with Gasteiger partial charge in [-0.05, 0) is 29.8 Å². The number of fused-ring (bicyclic) bond motifs is 1. The van der Waals surface area contributed by atoms with Crippen molar-refractivity contribution in [3.05, 3.63) is 32.3 Å². The summed E-state index contributed by atoms with van der Waals surface area (Å²) in [7, 11) is 0. The number of nitrogens with one attached hydrogen (secondary N) is 2. The van der Waals surface area contributed by atoms with Crippen LogP contribution in [0.1, 0.15) is 23.0 Å². The third-order valence-corrected chi connectivity index (χ3v) is 2.96. The highest BCUT2D eigenvalue weighted by Gasteiger charge is 2.16. The minimum absolute atomic E-state index is 0.0509. The molecular weight excluding hydrogens is 260 g/mol. The predicted octanol–water partition coefficient (Wildman–Crippen LogP) is 2.13. The van der Waals surface area contributed by atoms with E-state index in [0.717, 1.165) is 5.69 Å². The van der Waals surface area contributed by atoms with Gasteiger partial charge in [0.2, 0.25) is 0 Å². The van der Waals surface area contributed by atoms with Crippen LogP contribution in [0.3, 0.4) is 0 Å². The van der Waals surface area contributed by atoms with E-state index in [4.69, 9.17) is 0 Å². The molecule has 2 heterocycles. The molecule has 0 unspecified atom stereocenters. The molecule has 2 N–H and O–H groups in total. The Morgan fingerprint density at radius 2 is 2.13 bits per heavy atom. The van der Waals surface area contributed by atoms with Crippen LogP contribution in [-0.2, 0) is 0 Å². The van der Waals surface area contributed by atoms with Crippen molar-refractivity contribution in [1.82, 2.24) is 9.97 Å². The topological polar surface area (TPSA) is 65.7 Å². The number of halogens is 1. The second-order valence-corrected chi connectivity index (χ2v) is 4.25. The van der Waals surface area contributed by atoms with Crippen molar-refractivity contribution in [3.63, 3.8) is 0 Å². The van der Waals surface area contributed by atoms with Crippen LogP contribution in [0.25, 0.3) is 10.9 Å². The SMILES string of the molecule is CC(=O)c1c(C)[nH]c2c(=O)[nH]cc(Br)c12. The third-order valence-electron chi connectivity index (χ3n) is 2.34. The number of hydrogen-bond acceptors (Lipinski definition) is 2. The van der Waals surface area contributed by atoms with E-state index >= 15 is 0 Å². The van der Waals surface area contributed by atoms with Crippen LogP contribution < -0.4 is 5.56 Å².